The number of aromatic nitrogens is 1. The van der Waals surface area contributed by atoms with Crippen molar-refractivity contribution < 1.29 is 23.8 Å². The molecule has 1 aliphatic rings. The maximum atomic E-state index is 12.1. The zero-order chi connectivity index (χ0) is 18.5. The molecule has 0 aliphatic carbocycles. The predicted octanol–water partition coefficient (Wildman–Crippen LogP) is 2.83. The first-order chi connectivity index (χ1) is 12.6. The lowest BCUT2D eigenvalue weighted by Gasteiger charge is -2.28. The zero-order valence-electron chi connectivity index (χ0n) is 14.1. The second-order valence-electron chi connectivity index (χ2n) is 5.51. The van der Waals surface area contributed by atoms with Crippen molar-refractivity contribution in [2.75, 3.05) is 31.8 Å². The van der Waals surface area contributed by atoms with E-state index in [9.17, 15) is 9.59 Å². The first kappa shape index (κ1) is 18.2. The fraction of sp³-hybridized carbons (Fsp3) is 0.278. The molecule has 2 heterocycles. The molecule has 0 spiro atoms. The topological polar surface area (TPSA) is 78.0 Å². The summed E-state index contributed by atoms with van der Waals surface area (Å²) in [6, 6.07) is 10.3. The van der Waals surface area contributed by atoms with Gasteiger partial charge in [-0.15, -0.1) is 0 Å². The molecule has 7 nitrogen and oxygen atoms in total. The number of fused-ring (bicyclic) bond motifs is 1. The number of rotatable bonds is 6. The number of benzene rings is 1. The number of halogens is 1. The monoisotopic (exact) mass is 420 g/mol. The van der Waals surface area contributed by atoms with Crippen molar-refractivity contribution in [3.05, 3.63) is 46.6 Å². The first-order valence-electron chi connectivity index (χ1n) is 7.99. The molecular weight excluding hydrogens is 404 g/mol. The maximum Gasteiger partial charge on any atom is 0.337 e. The number of pyridine rings is 1. The Balaban J connectivity index is 1.54. The van der Waals surface area contributed by atoms with Gasteiger partial charge in [0.1, 0.15) is 10.4 Å². The SMILES string of the molecule is COC(=O)c1ccc(OCCCN2C(=O)COc3ccc(Br)nc32)cc1. The number of amides is 1. The second kappa shape index (κ2) is 8.18. The molecule has 136 valence electrons. The molecule has 26 heavy (non-hydrogen) atoms. The molecule has 0 saturated heterocycles. The van der Waals surface area contributed by atoms with E-state index in [1.807, 2.05) is 0 Å². The van der Waals surface area contributed by atoms with Gasteiger partial charge in [0, 0.05) is 6.54 Å². The highest BCUT2D eigenvalue weighted by molar-refractivity contribution is 9.10. The van der Waals surface area contributed by atoms with Crippen LogP contribution in [0.3, 0.4) is 0 Å². The lowest BCUT2D eigenvalue weighted by atomic mass is 10.2. The fourth-order valence-corrected chi connectivity index (χ4v) is 2.80. The van der Waals surface area contributed by atoms with Gasteiger partial charge in [-0.2, -0.15) is 0 Å². The zero-order valence-corrected chi connectivity index (χ0v) is 15.7. The smallest absolute Gasteiger partial charge is 0.337 e. The molecule has 1 aromatic carbocycles. The van der Waals surface area contributed by atoms with E-state index in [0.717, 1.165) is 0 Å². The van der Waals surface area contributed by atoms with E-state index in [4.69, 9.17) is 9.47 Å². The summed E-state index contributed by atoms with van der Waals surface area (Å²) in [5, 5.41) is 0. The molecule has 3 rings (SSSR count). The highest BCUT2D eigenvalue weighted by Crippen LogP contribution is 2.31. The maximum absolute atomic E-state index is 12.1. The van der Waals surface area contributed by atoms with E-state index in [0.29, 0.717) is 47.1 Å². The van der Waals surface area contributed by atoms with E-state index in [-0.39, 0.29) is 18.5 Å². The molecule has 8 heteroatoms. The van der Waals surface area contributed by atoms with Crippen molar-refractivity contribution in [3.8, 4) is 11.5 Å². The van der Waals surface area contributed by atoms with Gasteiger partial charge >= 0.3 is 5.97 Å². The average molecular weight is 421 g/mol. The largest absolute Gasteiger partial charge is 0.494 e. The molecule has 0 fully saturated rings. The molecule has 0 unspecified atom stereocenters. The van der Waals surface area contributed by atoms with Crippen LogP contribution in [0.5, 0.6) is 11.5 Å². The number of hydrogen-bond donors (Lipinski definition) is 0. The third kappa shape index (κ3) is 4.13. The van der Waals surface area contributed by atoms with Gasteiger partial charge in [0.25, 0.3) is 5.91 Å². The van der Waals surface area contributed by atoms with Crippen LogP contribution in [0, 0.1) is 0 Å². The van der Waals surface area contributed by atoms with E-state index in [2.05, 4.69) is 25.7 Å². The Morgan fingerprint density at radius 3 is 2.77 bits per heavy atom. The van der Waals surface area contributed by atoms with Gasteiger partial charge in [0.05, 0.1) is 19.3 Å². The van der Waals surface area contributed by atoms with Crippen molar-refractivity contribution in [1.82, 2.24) is 4.98 Å². The number of esters is 1. The Labute approximate surface area is 159 Å². The molecule has 1 amide bonds. The van der Waals surface area contributed by atoms with Crippen LogP contribution in [0.4, 0.5) is 5.82 Å². The molecular formula is C18H17BrN2O5. The van der Waals surface area contributed by atoms with Crippen LogP contribution < -0.4 is 14.4 Å². The summed E-state index contributed by atoms with van der Waals surface area (Å²) in [7, 11) is 1.34. The van der Waals surface area contributed by atoms with Crippen LogP contribution >= 0.6 is 15.9 Å². The predicted molar refractivity (Wildman–Crippen MR) is 97.7 cm³/mol. The van der Waals surface area contributed by atoms with Crippen LogP contribution in [0.2, 0.25) is 0 Å². The van der Waals surface area contributed by atoms with Crippen molar-refractivity contribution >= 4 is 33.6 Å². The van der Waals surface area contributed by atoms with Crippen LogP contribution in [-0.4, -0.2) is 43.7 Å². The standard InChI is InChI=1S/C18H17BrN2O5/c1-24-18(23)12-3-5-13(6-4-12)25-10-2-9-21-16(22)11-26-14-7-8-15(19)20-17(14)21/h3-8H,2,9-11H2,1H3. The lowest BCUT2D eigenvalue weighted by molar-refractivity contribution is -0.121. The lowest BCUT2D eigenvalue weighted by Crippen LogP contribution is -2.40. The average Bonchev–Trinajstić information content (AvgIpc) is 2.66. The number of methoxy groups -OCH3 is 1. The number of anilines is 1. The summed E-state index contributed by atoms with van der Waals surface area (Å²) >= 11 is 3.31. The van der Waals surface area contributed by atoms with Crippen molar-refractivity contribution in [2.24, 2.45) is 0 Å². The highest BCUT2D eigenvalue weighted by atomic mass is 79.9. The van der Waals surface area contributed by atoms with E-state index in [1.165, 1.54) is 7.11 Å². The number of carbonyl (C=O) groups excluding carboxylic acids is 2. The number of ether oxygens (including phenoxy) is 3. The second-order valence-corrected chi connectivity index (χ2v) is 6.32. The number of nitrogens with zero attached hydrogens (tertiary/aromatic N) is 2. The van der Waals surface area contributed by atoms with Gasteiger partial charge in [0.2, 0.25) is 0 Å². The van der Waals surface area contributed by atoms with Crippen LogP contribution in [0.15, 0.2) is 41.0 Å². The molecule has 0 radical (unpaired) electrons. The summed E-state index contributed by atoms with van der Waals surface area (Å²) in [5.74, 6) is 1.22. The molecule has 0 N–H and O–H groups in total. The van der Waals surface area contributed by atoms with Gasteiger partial charge < -0.3 is 14.2 Å². The minimum Gasteiger partial charge on any atom is -0.494 e. The normalized spacial score (nSPS) is 13.0. The van der Waals surface area contributed by atoms with Gasteiger partial charge in [-0.25, -0.2) is 9.78 Å². The van der Waals surface area contributed by atoms with Crippen LogP contribution in [-0.2, 0) is 9.53 Å². The Hall–Kier alpha value is -2.61. The Morgan fingerprint density at radius 2 is 2.04 bits per heavy atom. The van der Waals surface area contributed by atoms with Gasteiger partial charge in [-0.1, -0.05) is 0 Å². The van der Waals surface area contributed by atoms with E-state index >= 15 is 0 Å². The summed E-state index contributed by atoms with van der Waals surface area (Å²) in [6.45, 7) is 0.899. The minimum absolute atomic E-state index is 0.00611. The third-order valence-electron chi connectivity index (χ3n) is 3.78. The highest BCUT2D eigenvalue weighted by Gasteiger charge is 2.26. The summed E-state index contributed by atoms with van der Waals surface area (Å²) in [5.41, 5.74) is 0.465. The summed E-state index contributed by atoms with van der Waals surface area (Å²) in [6.07, 6.45) is 0.623. The van der Waals surface area contributed by atoms with Gasteiger partial charge in [-0.05, 0) is 58.7 Å². The van der Waals surface area contributed by atoms with Crippen molar-refractivity contribution in [2.45, 2.75) is 6.42 Å². The Bertz CT molecular complexity index is 810. The molecule has 0 atom stereocenters. The van der Waals surface area contributed by atoms with E-state index < -0.39 is 0 Å². The molecule has 0 bridgehead atoms. The fourth-order valence-electron chi connectivity index (χ4n) is 2.50. The Morgan fingerprint density at radius 1 is 1.27 bits per heavy atom. The summed E-state index contributed by atoms with van der Waals surface area (Å²) in [4.78, 5) is 29.5. The molecule has 0 saturated carbocycles. The molecule has 1 aliphatic heterocycles. The van der Waals surface area contributed by atoms with Crippen molar-refractivity contribution in [1.29, 1.82) is 0 Å². The number of hydrogen-bond acceptors (Lipinski definition) is 6. The summed E-state index contributed by atoms with van der Waals surface area (Å²) < 4.78 is 16.3. The Kier molecular flexibility index (Phi) is 5.72. The third-order valence-corrected chi connectivity index (χ3v) is 4.23. The van der Waals surface area contributed by atoms with E-state index in [1.54, 1.807) is 41.3 Å². The minimum atomic E-state index is -0.389. The molecule has 2 aromatic rings. The van der Waals surface area contributed by atoms with Gasteiger partial charge in [0.15, 0.2) is 18.2 Å². The number of carbonyl (C=O) groups is 2. The van der Waals surface area contributed by atoms with Crippen LogP contribution in [0.25, 0.3) is 0 Å². The first-order valence-corrected chi connectivity index (χ1v) is 8.78. The van der Waals surface area contributed by atoms with Crippen molar-refractivity contribution in [3.63, 3.8) is 0 Å². The molecule has 1 aromatic heterocycles. The van der Waals surface area contributed by atoms with Crippen LogP contribution in [0.1, 0.15) is 16.8 Å². The van der Waals surface area contributed by atoms with Gasteiger partial charge in [-0.3, -0.25) is 9.69 Å². The quantitative estimate of drug-likeness (QED) is 0.406.